The Morgan fingerprint density at radius 2 is 2.20 bits per heavy atom. The van der Waals surface area contributed by atoms with Gasteiger partial charge in [-0.25, -0.2) is 0 Å². The van der Waals surface area contributed by atoms with Gasteiger partial charge in [0, 0.05) is 6.54 Å². The standard InChI is InChI=1S/C11H14ClNO2/c1-13(2)6-7-15-11-5-3-4-10(12)9(11)8-14/h3-5,8H,6-7H2,1-2H3. The molecule has 0 unspecified atom stereocenters. The van der Waals surface area contributed by atoms with E-state index >= 15 is 0 Å². The largest absolute Gasteiger partial charge is 0.491 e. The average molecular weight is 228 g/mol. The Hall–Kier alpha value is -1.06. The molecule has 0 aliphatic rings. The molecule has 3 nitrogen and oxygen atoms in total. The normalized spacial score (nSPS) is 10.4. The maximum atomic E-state index is 10.8. The van der Waals surface area contributed by atoms with Crippen LogP contribution in [0.25, 0.3) is 0 Å². The number of carbonyl (C=O) groups is 1. The molecular weight excluding hydrogens is 214 g/mol. The molecule has 1 rings (SSSR count). The van der Waals surface area contributed by atoms with Crippen molar-refractivity contribution in [1.29, 1.82) is 0 Å². The van der Waals surface area contributed by atoms with Gasteiger partial charge in [0.15, 0.2) is 6.29 Å². The van der Waals surface area contributed by atoms with E-state index < -0.39 is 0 Å². The number of carbonyl (C=O) groups excluding carboxylic acids is 1. The van der Waals surface area contributed by atoms with E-state index in [0.29, 0.717) is 29.2 Å². The van der Waals surface area contributed by atoms with E-state index in [1.807, 2.05) is 19.0 Å². The van der Waals surface area contributed by atoms with E-state index in [2.05, 4.69) is 0 Å². The quantitative estimate of drug-likeness (QED) is 0.722. The molecule has 0 bridgehead atoms. The number of likely N-dealkylation sites (N-methyl/N-ethyl adjacent to an activating group) is 1. The number of halogens is 1. The van der Waals surface area contributed by atoms with Gasteiger partial charge in [-0.1, -0.05) is 17.7 Å². The first-order valence-corrected chi connectivity index (χ1v) is 5.04. The Labute approximate surface area is 94.6 Å². The van der Waals surface area contributed by atoms with Crippen LogP contribution < -0.4 is 4.74 Å². The Morgan fingerprint density at radius 3 is 2.80 bits per heavy atom. The van der Waals surface area contributed by atoms with Gasteiger partial charge < -0.3 is 9.64 Å². The van der Waals surface area contributed by atoms with Gasteiger partial charge in [-0.05, 0) is 26.2 Å². The Kier molecular flexibility index (Phi) is 4.59. The molecule has 1 aromatic rings. The summed E-state index contributed by atoms with van der Waals surface area (Å²) in [6.07, 6.45) is 0.716. The predicted octanol–water partition coefficient (Wildman–Crippen LogP) is 2.09. The summed E-state index contributed by atoms with van der Waals surface area (Å²) in [7, 11) is 3.92. The van der Waals surface area contributed by atoms with Crippen molar-refractivity contribution < 1.29 is 9.53 Å². The Balaban J connectivity index is 2.68. The molecule has 0 spiro atoms. The van der Waals surface area contributed by atoms with Gasteiger partial charge in [0.25, 0.3) is 0 Å². The molecule has 1 aromatic carbocycles. The van der Waals surface area contributed by atoms with Gasteiger partial charge in [-0.3, -0.25) is 4.79 Å². The van der Waals surface area contributed by atoms with E-state index in [-0.39, 0.29) is 0 Å². The zero-order chi connectivity index (χ0) is 11.3. The molecule has 0 fully saturated rings. The number of benzene rings is 1. The smallest absolute Gasteiger partial charge is 0.155 e. The molecule has 15 heavy (non-hydrogen) atoms. The first-order chi connectivity index (χ1) is 7.15. The van der Waals surface area contributed by atoms with E-state index in [1.54, 1.807) is 18.2 Å². The van der Waals surface area contributed by atoms with Gasteiger partial charge in [0.05, 0.1) is 10.6 Å². The molecule has 0 aliphatic heterocycles. The van der Waals surface area contributed by atoms with Crippen molar-refractivity contribution in [3.05, 3.63) is 28.8 Å². The van der Waals surface area contributed by atoms with E-state index in [0.717, 1.165) is 6.54 Å². The molecular formula is C11H14ClNO2. The van der Waals surface area contributed by atoms with Gasteiger partial charge in [0.1, 0.15) is 12.4 Å². The highest BCUT2D eigenvalue weighted by molar-refractivity contribution is 6.33. The number of ether oxygens (including phenoxy) is 1. The fraction of sp³-hybridized carbons (Fsp3) is 0.364. The summed E-state index contributed by atoms with van der Waals surface area (Å²) >= 11 is 5.85. The minimum Gasteiger partial charge on any atom is -0.491 e. The van der Waals surface area contributed by atoms with Crippen molar-refractivity contribution in [3.8, 4) is 5.75 Å². The zero-order valence-electron chi connectivity index (χ0n) is 8.87. The first kappa shape index (κ1) is 12.0. The van der Waals surface area contributed by atoms with E-state index in [9.17, 15) is 4.79 Å². The maximum Gasteiger partial charge on any atom is 0.155 e. The monoisotopic (exact) mass is 227 g/mol. The summed E-state index contributed by atoms with van der Waals surface area (Å²) < 4.78 is 5.46. The SMILES string of the molecule is CN(C)CCOc1cccc(Cl)c1C=O. The second kappa shape index (κ2) is 5.73. The summed E-state index contributed by atoms with van der Waals surface area (Å²) in [6, 6.07) is 5.18. The van der Waals surface area contributed by atoms with Gasteiger partial charge in [-0.15, -0.1) is 0 Å². The molecule has 0 amide bonds. The molecule has 4 heteroatoms. The van der Waals surface area contributed by atoms with Gasteiger partial charge >= 0.3 is 0 Å². The van der Waals surface area contributed by atoms with Gasteiger partial charge in [0.2, 0.25) is 0 Å². The number of nitrogens with zero attached hydrogens (tertiary/aromatic N) is 1. The summed E-state index contributed by atoms with van der Waals surface area (Å²) in [6.45, 7) is 1.33. The lowest BCUT2D eigenvalue weighted by Gasteiger charge is -2.12. The number of hydrogen-bond donors (Lipinski definition) is 0. The van der Waals surface area contributed by atoms with Crippen molar-refractivity contribution >= 4 is 17.9 Å². The summed E-state index contributed by atoms with van der Waals surface area (Å²) in [5, 5.41) is 0.423. The highest BCUT2D eigenvalue weighted by atomic mass is 35.5. The van der Waals surface area contributed by atoms with Crippen molar-refractivity contribution in [3.63, 3.8) is 0 Å². The van der Waals surface area contributed by atoms with Crippen molar-refractivity contribution in [2.24, 2.45) is 0 Å². The van der Waals surface area contributed by atoms with Crippen LogP contribution in [0.2, 0.25) is 5.02 Å². The molecule has 0 aromatic heterocycles. The topological polar surface area (TPSA) is 29.5 Å². The van der Waals surface area contributed by atoms with E-state index in [1.165, 1.54) is 0 Å². The lowest BCUT2D eigenvalue weighted by molar-refractivity contribution is 0.111. The third kappa shape index (κ3) is 3.53. The Bertz CT molecular complexity index is 339. The van der Waals surface area contributed by atoms with Crippen LogP contribution in [0, 0.1) is 0 Å². The van der Waals surface area contributed by atoms with Crippen molar-refractivity contribution in [2.75, 3.05) is 27.2 Å². The zero-order valence-corrected chi connectivity index (χ0v) is 9.62. The summed E-state index contributed by atoms with van der Waals surface area (Å²) in [4.78, 5) is 12.8. The molecule has 0 radical (unpaired) electrons. The predicted molar refractivity (Wildman–Crippen MR) is 60.9 cm³/mol. The maximum absolute atomic E-state index is 10.8. The lowest BCUT2D eigenvalue weighted by Crippen LogP contribution is -2.19. The van der Waals surface area contributed by atoms with Crippen molar-refractivity contribution in [2.45, 2.75) is 0 Å². The fourth-order valence-corrected chi connectivity index (χ4v) is 1.31. The van der Waals surface area contributed by atoms with Crippen LogP contribution in [-0.4, -0.2) is 38.4 Å². The molecule has 0 saturated heterocycles. The van der Waals surface area contributed by atoms with Gasteiger partial charge in [-0.2, -0.15) is 0 Å². The second-order valence-corrected chi connectivity index (χ2v) is 3.83. The number of rotatable bonds is 5. The molecule has 0 aliphatic carbocycles. The van der Waals surface area contributed by atoms with Crippen LogP contribution in [0.1, 0.15) is 10.4 Å². The number of hydrogen-bond acceptors (Lipinski definition) is 3. The summed E-state index contributed by atoms with van der Waals surface area (Å²) in [5.41, 5.74) is 0.415. The Morgan fingerprint density at radius 1 is 1.47 bits per heavy atom. The van der Waals surface area contributed by atoms with Crippen molar-refractivity contribution in [1.82, 2.24) is 4.90 Å². The highest BCUT2D eigenvalue weighted by Gasteiger charge is 2.06. The molecule has 0 heterocycles. The summed E-state index contributed by atoms with van der Waals surface area (Å²) in [5.74, 6) is 0.541. The molecule has 0 saturated carbocycles. The minimum atomic E-state index is 0.415. The molecule has 0 N–H and O–H groups in total. The van der Waals surface area contributed by atoms with Crippen LogP contribution in [0.15, 0.2) is 18.2 Å². The minimum absolute atomic E-state index is 0.415. The van der Waals surface area contributed by atoms with Crippen LogP contribution in [0.5, 0.6) is 5.75 Å². The third-order valence-corrected chi connectivity index (χ3v) is 2.26. The van der Waals surface area contributed by atoms with Crippen LogP contribution in [0.4, 0.5) is 0 Å². The molecule has 0 atom stereocenters. The number of aldehydes is 1. The second-order valence-electron chi connectivity index (χ2n) is 3.42. The van der Waals surface area contributed by atoms with Crippen LogP contribution in [0.3, 0.4) is 0 Å². The highest BCUT2D eigenvalue weighted by Crippen LogP contribution is 2.24. The van der Waals surface area contributed by atoms with Crippen LogP contribution >= 0.6 is 11.6 Å². The average Bonchev–Trinajstić information content (AvgIpc) is 2.17. The van der Waals surface area contributed by atoms with Crippen LogP contribution in [-0.2, 0) is 0 Å². The third-order valence-electron chi connectivity index (χ3n) is 1.93. The lowest BCUT2D eigenvalue weighted by atomic mass is 10.2. The first-order valence-electron chi connectivity index (χ1n) is 4.66. The van der Waals surface area contributed by atoms with E-state index in [4.69, 9.17) is 16.3 Å². The fourth-order valence-electron chi connectivity index (χ4n) is 1.10. The molecule has 82 valence electrons.